The van der Waals surface area contributed by atoms with Crippen molar-refractivity contribution in [1.29, 1.82) is 0 Å². The van der Waals surface area contributed by atoms with E-state index in [4.69, 9.17) is 12.2 Å². The Morgan fingerprint density at radius 2 is 1.36 bits per heavy atom. The van der Waals surface area contributed by atoms with Crippen LogP contribution >= 0.6 is 12.2 Å². The van der Waals surface area contributed by atoms with E-state index in [2.05, 4.69) is 54.1 Å². The number of non-ortho nitro benzene ring substituents is 1. The average Bonchev–Trinajstić information content (AvgIpc) is 2.85. The Kier molecular flexibility index (Phi) is 8.92. The molecule has 0 aromatic heterocycles. The van der Waals surface area contributed by atoms with Crippen molar-refractivity contribution in [2.75, 3.05) is 5.32 Å². The van der Waals surface area contributed by atoms with Crippen LogP contribution in [0, 0.1) is 10.1 Å². The molecule has 0 spiro atoms. The van der Waals surface area contributed by atoms with Crippen LogP contribution in [0.2, 0.25) is 0 Å². The summed E-state index contributed by atoms with van der Waals surface area (Å²) in [6.45, 7) is 4.38. The van der Waals surface area contributed by atoms with Gasteiger partial charge in [0, 0.05) is 23.9 Å². The van der Waals surface area contributed by atoms with Gasteiger partial charge in [-0.2, -0.15) is 0 Å². The first kappa shape index (κ1) is 24.4. The van der Waals surface area contributed by atoms with Gasteiger partial charge in [-0.25, -0.2) is 0 Å². The highest BCUT2D eigenvalue weighted by Gasteiger charge is 2.27. The molecule has 0 aliphatic rings. The summed E-state index contributed by atoms with van der Waals surface area (Å²) < 4.78 is 0. The highest BCUT2D eigenvalue weighted by atomic mass is 32.1. The molecule has 3 aromatic carbocycles. The molecule has 3 rings (SSSR count). The van der Waals surface area contributed by atoms with Gasteiger partial charge in [0.25, 0.3) is 5.69 Å². The molecule has 0 amide bonds. The fraction of sp³-hybridized carbons (Fsp3) is 0.269. The summed E-state index contributed by atoms with van der Waals surface area (Å²) in [7, 11) is 0. The summed E-state index contributed by atoms with van der Waals surface area (Å²) in [5.74, 6) is 0. The quantitative estimate of drug-likeness (QED) is 0.191. The van der Waals surface area contributed by atoms with Gasteiger partial charge >= 0.3 is 0 Å². The third-order valence-corrected chi connectivity index (χ3v) is 5.89. The van der Waals surface area contributed by atoms with Crippen LogP contribution in [0.4, 0.5) is 11.4 Å². The molecular formula is C26H30N4O2S. The van der Waals surface area contributed by atoms with Crippen LogP contribution in [0.15, 0.2) is 84.9 Å². The van der Waals surface area contributed by atoms with Crippen LogP contribution in [-0.4, -0.2) is 16.1 Å². The van der Waals surface area contributed by atoms with E-state index in [9.17, 15) is 10.1 Å². The Morgan fingerprint density at radius 3 is 1.85 bits per heavy atom. The maximum absolute atomic E-state index is 10.9. The summed E-state index contributed by atoms with van der Waals surface area (Å²) in [6.07, 6.45) is 2.04. The molecule has 0 aliphatic carbocycles. The molecule has 172 valence electrons. The zero-order valence-corrected chi connectivity index (χ0v) is 19.7. The largest absolute Gasteiger partial charge is 0.354 e. The van der Waals surface area contributed by atoms with E-state index < -0.39 is 4.92 Å². The monoisotopic (exact) mass is 462 g/mol. The van der Waals surface area contributed by atoms with Gasteiger partial charge in [-0.05, 0) is 48.3 Å². The number of nitrogens with one attached hydrogen (secondary N) is 3. The van der Waals surface area contributed by atoms with Gasteiger partial charge in [-0.1, -0.05) is 74.5 Å². The highest BCUT2D eigenvalue weighted by Crippen LogP contribution is 2.30. The first-order valence-corrected chi connectivity index (χ1v) is 11.6. The van der Waals surface area contributed by atoms with Crippen LogP contribution in [0.25, 0.3) is 0 Å². The minimum atomic E-state index is -0.417. The zero-order chi connectivity index (χ0) is 23.6. The first-order valence-electron chi connectivity index (χ1n) is 11.2. The highest BCUT2D eigenvalue weighted by molar-refractivity contribution is 7.80. The number of thiocarbonyl (C=S) groups is 1. The van der Waals surface area contributed by atoms with Crippen molar-refractivity contribution in [1.82, 2.24) is 10.6 Å². The molecule has 3 aromatic rings. The molecule has 0 saturated heterocycles. The van der Waals surface area contributed by atoms with Crippen molar-refractivity contribution >= 4 is 28.7 Å². The number of rotatable bonds is 10. The fourth-order valence-electron chi connectivity index (χ4n) is 3.82. The average molecular weight is 463 g/mol. The molecule has 6 nitrogen and oxygen atoms in total. The molecule has 3 N–H and O–H groups in total. The Balaban J connectivity index is 1.89. The molecule has 2 atom stereocenters. The van der Waals surface area contributed by atoms with Crippen LogP contribution in [-0.2, 0) is 0 Å². The minimum absolute atomic E-state index is 0.0184. The van der Waals surface area contributed by atoms with E-state index >= 15 is 0 Å². The Hall–Kier alpha value is -3.29. The molecule has 0 fully saturated rings. The SMILES string of the molecule is CCC(CC)N[C@@H](c1ccccc1)[C@@H](NC(=S)Nc1ccc([N+](=O)[O-])cc1)c1ccccc1. The maximum Gasteiger partial charge on any atom is 0.269 e. The molecule has 7 heteroatoms. The minimum Gasteiger partial charge on any atom is -0.354 e. The van der Waals surface area contributed by atoms with Gasteiger partial charge < -0.3 is 16.0 Å². The third kappa shape index (κ3) is 6.84. The van der Waals surface area contributed by atoms with Gasteiger partial charge in [-0.15, -0.1) is 0 Å². The maximum atomic E-state index is 10.9. The van der Waals surface area contributed by atoms with Crippen molar-refractivity contribution in [2.24, 2.45) is 0 Å². The van der Waals surface area contributed by atoms with E-state index in [0.717, 1.165) is 18.4 Å². The molecule has 0 heterocycles. The lowest BCUT2D eigenvalue weighted by Gasteiger charge is -2.33. The van der Waals surface area contributed by atoms with Crippen molar-refractivity contribution in [3.8, 4) is 0 Å². The van der Waals surface area contributed by atoms with Crippen molar-refractivity contribution in [3.05, 3.63) is 106 Å². The second-order valence-electron chi connectivity index (χ2n) is 7.86. The summed E-state index contributed by atoms with van der Waals surface area (Å²) in [4.78, 5) is 10.5. The van der Waals surface area contributed by atoms with Gasteiger partial charge in [0.05, 0.1) is 17.0 Å². The number of benzene rings is 3. The lowest BCUT2D eigenvalue weighted by atomic mass is 9.92. The topological polar surface area (TPSA) is 79.2 Å². The van der Waals surface area contributed by atoms with Crippen molar-refractivity contribution in [3.63, 3.8) is 0 Å². The second-order valence-corrected chi connectivity index (χ2v) is 8.27. The van der Waals surface area contributed by atoms with Crippen LogP contribution in [0.1, 0.15) is 49.9 Å². The van der Waals surface area contributed by atoms with E-state index in [1.54, 1.807) is 12.1 Å². The summed E-state index contributed by atoms with van der Waals surface area (Å²) in [5, 5.41) is 21.9. The van der Waals surface area contributed by atoms with Gasteiger partial charge in [-0.3, -0.25) is 10.1 Å². The Bertz CT molecular complexity index is 1030. The van der Waals surface area contributed by atoms with Gasteiger partial charge in [0.15, 0.2) is 5.11 Å². The van der Waals surface area contributed by atoms with Crippen LogP contribution in [0.5, 0.6) is 0 Å². The number of nitro groups is 1. The number of hydrogen-bond acceptors (Lipinski definition) is 4. The van der Waals surface area contributed by atoms with E-state index in [1.165, 1.54) is 17.7 Å². The fourth-order valence-corrected chi connectivity index (χ4v) is 4.06. The number of nitrogens with zero attached hydrogens (tertiary/aromatic N) is 1. The molecule has 0 radical (unpaired) electrons. The van der Waals surface area contributed by atoms with Crippen LogP contribution in [0.3, 0.4) is 0 Å². The van der Waals surface area contributed by atoms with Crippen molar-refractivity contribution in [2.45, 2.75) is 44.8 Å². The summed E-state index contributed by atoms with van der Waals surface area (Å²) in [6, 6.07) is 27.0. The van der Waals surface area contributed by atoms with Crippen molar-refractivity contribution < 1.29 is 4.92 Å². The van der Waals surface area contributed by atoms with E-state index in [1.807, 2.05) is 36.4 Å². The summed E-state index contributed by atoms with van der Waals surface area (Å²) >= 11 is 5.65. The Labute approximate surface area is 200 Å². The van der Waals surface area contributed by atoms with Gasteiger partial charge in [0.1, 0.15) is 0 Å². The number of nitro benzene ring substituents is 1. The normalized spacial score (nSPS) is 12.7. The number of hydrogen-bond donors (Lipinski definition) is 3. The molecule has 0 unspecified atom stereocenters. The first-order chi connectivity index (χ1) is 16.0. The second kappa shape index (κ2) is 12.1. The van der Waals surface area contributed by atoms with Crippen LogP contribution < -0.4 is 16.0 Å². The zero-order valence-electron chi connectivity index (χ0n) is 18.9. The summed E-state index contributed by atoms with van der Waals surface area (Å²) in [5.41, 5.74) is 3.01. The number of anilines is 1. The lowest BCUT2D eigenvalue weighted by Crippen LogP contribution is -2.43. The third-order valence-electron chi connectivity index (χ3n) is 5.67. The predicted octanol–water partition coefficient (Wildman–Crippen LogP) is 6.14. The van der Waals surface area contributed by atoms with Gasteiger partial charge in [0.2, 0.25) is 0 Å². The molecule has 0 aliphatic heterocycles. The molecule has 0 saturated carbocycles. The Morgan fingerprint density at radius 1 is 0.848 bits per heavy atom. The smallest absolute Gasteiger partial charge is 0.269 e. The predicted molar refractivity (Wildman–Crippen MR) is 138 cm³/mol. The molecule has 33 heavy (non-hydrogen) atoms. The molecular weight excluding hydrogens is 432 g/mol. The molecule has 0 bridgehead atoms. The lowest BCUT2D eigenvalue weighted by molar-refractivity contribution is -0.384. The van der Waals surface area contributed by atoms with E-state index in [0.29, 0.717) is 16.8 Å². The van der Waals surface area contributed by atoms with E-state index in [-0.39, 0.29) is 17.8 Å². The standard InChI is InChI=1S/C26H30N4O2S/c1-3-21(4-2)27-24(19-11-7-5-8-12-19)25(20-13-9-6-10-14-20)29-26(33)28-22-15-17-23(18-16-22)30(31)32/h5-18,21,24-25,27H,3-4H2,1-2H3,(H2,28,29,33)/t24-,25-/m0/s1.